The highest BCUT2D eigenvalue weighted by Gasteiger charge is 2.17. The molecule has 0 fully saturated rings. The second kappa shape index (κ2) is 9.28. The zero-order valence-electron chi connectivity index (χ0n) is 17.6. The van der Waals surface area contributed by atoms with E-state index in [0.29, 0.717) is 24.7 Å². The molecule has 0 atom stereocenters. The van der Waals surface area contributed by atoms with Gasteiger partial charge in [0.1, 0.15) is 17.1 Å². The zero-order valence-corrected chi connectivity index (χ0v) is 18.5. The maximum Gasteiger partial charge on any atom is 0.205 e. The number of oxazole rings is 1. The van der Waals surface area contributed by atoms with Crippen LogP contribution in [0.25, 0.3) is 16.8 Å². The first kappa shape index (κ1) is 20.3. The summed E-state index contributed by atoms with van der Waals surface area (Å²) in [4.78, 5) is 4.58. The Morgan fingerprint density at radius 2 is 1.69 bits per heavy atom. The van der Waals surface area contributed by atoms with Gasteiger partial charge in [-0.1, -0.05) is 54.2 Å². The highest BCUT2D eigenvalue weighted by Crippen LogP contribution is 2.28. The fourth-order valence-corrected chi connectivity index (χ4v) is 4.33. The van der Waals surface area contributed by atoms with Gasteiger partial charge in [-0.15, -0.1) is 10.2 Å². The van der Waals surface area contributed by atoms with Gasteiger partial charge in [0.25, 0.3) is 0 Å². The van der Waals surface area contributed by atoms with Gasteiger partial charge in [0.05, 0.1) is 12.4 Å². The van der Waals surface area contributed by atoms with Crippen molar-refractivity contribution >= 4 is 22.9 Å². The fraction of sp³-hybridized carbons (Fsp3) is 0.160. The van der Waals surface area contributed by atoms with Crippen LogP contribution in [0.4, 0.5) is 0 Å². The van der Waals surface area contributed by atoms with Crippen molar-refractivity contribution in [1.29, 1.82) is 0 Å². The highest BCUT2D eigenvalue weighted by atomic mass is 32.2. The van der Waals surface area contributed by atoms with E-state index >= 15 is 0 Å². The lowest BCUT2D eigenvalue weighted by Gasteiger charge is -2.11. The first-order valence-corrected chi connectivity index (χ1v) is 11.5. The van der Waals surface area contributed by atoms with E-state index in [1.54, 1.807) is 11.8 Å². The van der Waals surface area contributed by atoms with E-state index in [9.17, 15) is 0 Å². The van der Waals surface area contributed by atoms with Crippen LogP contribution < -0.4 is 4.74 Å². The molecule has 0 unspecified atom stereocenters. The van der Waals surface area contributed by atoms with Crippen LogP contribution in [0.5, 0.6) is 5.75 Å². The van der Waals surface area contributed by atoms with E-state index < -0.39 is 0 Å². The van der Waals surface area contributed by atoms with Crippen molar-refractivity contribution in [2.45, 2.75) is 24.3 Å². The molecule has 0 aliphatic carbocycles. The Morgan fingerprint density at radius 1 is 0.906 bits per heavy atom. The molecule has 160 valence electrons. The Kier molecular flexibility index (Phi) is 5.89. The van der Waals surface area contributed by atoms with Gasteiger partial charge >= 0.3 is 0 Å². The molecular weight excluding hydrogens is 420 g/mol. The molecule has 7 heteroatoms. The minimum atomic E-state index is 0.565. The summed E-state index contributed by atoms with van der Waals surface area (Å²) in [5.41, 5.74) is 3.83. The predicted molar refractivity (Wildman–Crippen MR) is 125 cm³/mol. The number of fused-ring (bicyclic) bond motifs is 1. The number of hydrogen-bond donors (Lipinski definition) is 0. The van der Waals surface area contributed by atoms with E-state index in [0.717, 1.165) is 33.5 Å². The monoisotopic (exact) mass is 442 g/mol. The second-order valence-electron chi connectivity index (χ2n) is 7.19. The van der Waals surface area contributed by atoms with Gasteiger partial charge in [0.2, 0.25) is 5.89 Å². The van der Waals surface area contributed by atoms with Gasteiger partial charge in [0.15, 0.2) is 10.7 Å². The van der Waals surface area contributed by atoms with E-state index in [4.69, 9.17) is 9.15 Å². The Bertz CT molecular complexity index is 1280. The lowest BCUT2D eigenvalue weighted by atomic mass is 10.1. The number of thioether (sulfide) groups is 1. The van der Waals surface area contributed by atoms with Gasteiger partial charge in [-0.25, -0.2) is 4.98 Å². The van der Waals surface area contributed by atoms with Crippen molar-refractivity contribution in [2.75, 3.05) is 6.61 Å². The third-order valence-corrected chi connectivity index (χ3v) is 5.89. The maximum absolute atomic E-state index is 5.87. The Morgan fingerprint density at radius 3 is 2.47 bits per heavy atom. The number of ether oxygens (including phenoxy) is 1. The molecule has 0 bridgehead atoms. The number of nitrogens with zero attached hydrogens (tertiary/aromatic N) is 4. The summed E-state index contributed by atoms with van der Waals surface area (Å²) < 4.78 is 13.6. The largest absolute Gasteiger partial charge is 0.494 e. The molecule has 3 aromatic carbocycles. The minimum absolute atomic E-state index is 0.565. The van der Waals surface area contributed by atoms with E-state index in [1.807, 2.05) is 73.7 Å². The molecule has 0 radical (unpaired) electrons. The van der Waals surface area contributed by atoms with Crippen LogP contribution >= 0.6 is 11.8 Å². The first-order chi connectivity index (χ1) is 15.8. The molecule has 2 heterocycles. The summed E-state index contributed by atoms with van der Waals surface area (Å²) >= 11 is 1.56. The summed E-state index contributed by atoms with van der Waals surface area (Å²) in [6.07, 6.45) is 0.685. The molecule has 0 N–H and O–H groups in total. The molecule has 32 heavy (non-hydrogen) atoms. The Balaban J connectivity index is 1.45. The third kappa shape index (κ3) is 4.38. The molecule has 5 aromatic rings. The van der Waals surface area contributed by atoms with Crippen molar-refractivity contribution < 1.29 is 9.15 Å². The van der Waals surface area contributed by atoms with Gasteiger partial charge in [-0.2, -0.15) is 0 Å². The van der Waals surface area contributed by atoms with Gasteiger partial charge < -0.3 is 9.15 Å². The standard InChI is InChI=1S/C25H22N4O2S/c1-2-30-20-14-12-19(13-15-20)29-23(16-18-8-4-3-5-9-18)27-28-25(29)32-17-24-26-21-10-6-7-11-22(21)31-24/h3-15H,2,16-17H2,1H3. The molecule has 0 amide bonds. The number of benzene rings is 3. The highest BCUT2D eigenvalue weighted by molar-refractivity contribution is 7.98. The molecule has 5 rings (SSSR count). The van der Waals surface area contributed by atoms with E-state index in [-0.39, 0.29) is 0 Å². The molecule has 2 aromatic heterocycles. The van der Waals surface area contributed by atoms with Crippen molar-refractivity contribution in [3.8, 4) is 11.4 Å². The lowest BCUT2D eigenvalue weighted by Crippen LogP contribution is -2.04. The summed E-state index contributed by atoms with van der Waals surface area (Å²) in [7, 11) is 0. The van der Waals surface area contributed by atoms with Crippen molar-refractivity contribution in [3.05, 3.63) is 96.1 Å². The normalized spacial score (nSPS) is 11.2. The molecule has 0 saturated carbocycles. The first-order valence-electron chi connectivity index (χ1n) is 10.5. The molecule has 0 spiro atoms. The number of hydrogen-bond acceptors (Lipinski definition) is 6. The van der Waals surface area contributed by atoms with Crippen molar-refractivity contribution in [3.63, 3.8) is 0 Å². The summed E-state index contributed by atoms with van der Waals surface area (Å²) in [5, 5.41) is 9.80. The fourth-order valence-electron chi connectivity index (χ4n) is 3.51. The summed E-state index contributed by atoms with van der Waals surface area (Å²) in [6, 6.07) is 26.1. The van der Waals surface area contributed by atoms with Crippen LogP contribution in [-0.2, 0) is 12.2 Å². The number of para-hydroxylation sites is 2. The molecular formula is C25H22N4O2S. The minimum Gasteiger partial charge on any atom is -0.494 e. The van der Waals surface area contributed by atoms with Gasteiger partial charge in [-0.05, 0) is 48.9 Å². The SMILES string of the molecule is CCOc1ccc(-n2c(Cc3ccccc3)nnc2SCc2nc3ccccc3o2)cc1. The van der Waals surface area contributed by atoms with Crippen LogP contribution in [0.2, 0.25) is 0 Å². The lowest BCUT2D eigenvalue weighted by molar-refractivity contribution is 0.340. The molecule has 0 aliphatic rings. The second-order valence-corrected chi connectivity index (χ2v) is 8.13. The summed E-state index contributed by atoms with van der Waals surface area (Å²) in [5.74, 6) is 2.95. The van der Waals surface area contributed by atoms with E-state index in [2.05, 4.69) is 31.9 Å². The maximum atomic E-state index is 5.87. The van der Waals surface area contributed by atoms with Crippen LogP contribution in [-0.4, -0.2) is 26.4 Å². The number of aromatic nitrogens is 4. The average Bonchev–Trinajstić information content (AvgIpc) is 3.43. The predicted octanol–water partition coefficient (Wildman–Crippen LogP) is 5.69. The smallest absolute Gasteiger partial charge is 0.205 e. The zero-order chi connectivity index (χ0) is 21.8. The Hall–Kier alpha value is -3.58. The quantitative estimate of drug-likeness (QED) is 0.288. The molecule has 6 nitrogen and oxygen atoms in total. The molecule has 0 saturated heterocycles. The summed E-state index contributed by atoms with van der Waals surface area (Å²) in [6.45, 7) is 2.61. The van der Waals surface area contributed by atoms with Crippen molar-refractivity contribution in [2.24, 2.45) is 0 Å². The average molecular weight is 443 g/mol. The topological polar surface area (TPSA) is 66.0 Å². The van der Waals surface area contributed by atoms with Crippen molar-refractivity contribution in [1.82, 2.24) is 19.7 Å². The van der Waals surface area contributed by atoms with Crippen LogP contribution in [0.15, 0.2) is 88.4 Å². The number of rotatable bonds is 8. The van der Waals surface area contributed by atoms with Gasteiger partial charge in [0, 0.05) is 12.1 Å². The third-order valence-electron chi connectivity index (χ3n) is 4.97. The Labute approximate surface area is 190 Å². The van der Waals surface area contributed by atoms with Crippen LogP contribution in [0.1, 0.15) is 24.2 Å². The molecule has 0 aliphatic heterocycles. The van der Waals surface area contributed by atoms with E-state index in [1.165, 1.54) is 5.56 Å². The van der Waals surface area contributed by atoms with Gasteiger partial charge in [-0.3, -0.25) is 4.57 Å². The van der Waals surface area contributed by atoms with Crippen LogP contribution in [0.3, 0.4) is 0 Å². The van der Waals surface area contributed by atoms with Crippen LogP contribution in [0, 0.1) is 0 Å².